The molecule has 0 heterocycles. The Morgan fingerprint density at radius 2 is 1.79 bits per heavy atom. The number of ether oxygens (including phenoxy) is 3. The zero-order valence-corrected chi connectivity index (χ0v) is 13.8. The van der Waals surface area contributed by atoms with E-state index in [0.717, 1.165) is 5.56 Å². The number of hydrogen-bond donors (Lipinski definition) is 1. The number of benzene rings is 2. The van der Waals surface area contributed by atoms with Crippen molar-refractivity contribution >= 4 is 17.6 Å². The number of esters is 1. The van der Waals surface area contributed by atoms with Crippen LogP contribution in [0.25, 0.3) is 0 Å². The van der Waals surface area contributed by atoms with E-state index in [0.29, 0.717) is 22.7 Å². The van der Waals surface area contributed by atoms with Crippen molar-refractivity contribution in [2.45, 2.75) is 6.92 Å². The summed E-state index contributed by atoms with van der Waals surface area (Å²) >= 11 is 0. The van der Waals surface area contributed by atoms with Gasteiger partial charge in [0.25, 0.3) is 5.91 Å². The number of methoxy groups -OCH3 is 2. The summed E-state index contributed by atoms with van der Waals surface area (Å²) in [5.74, 6) is 0.0433. The van der Waals surface area contributed by atoms with E-state index in [2.05, 4.69) is 5.32 Å². The molecule has 126 valence electrons. The Labute approximate surface area is 140 Å². The van der Waals surface area contributed by atoms with Gasteiger partial charge < -0.3 is 19.5 Å². The van der Waals surface area contributed by atoms with Gasteiger partial charge in [0.15, 0.2) is 6.61 Å². The van der Waals surface area contributed by atoms with Crippen LogP contribution < -0.4 is 14.8 Å². The molecule has 0 bridgehead atoms. The van der Waals surface area contributed by atoms with Crippen molar-refractivity contribution in [3.63, 3.8) is 0 Å². The van der Waals surface area contributed by atoms with Gasteiger partial charge in [0.05, 0.1) is 25.5 Å². The molecule has 0 unspecified atom stereocenters. The lowest BCUT2D eigenvalue weighted by molar-refractivity contribution is -0.119. The number of carbonyl (C=O) groups excluding carboxylic acids is 2. The summed E-state index contributed by atoms with van der Waals surface area (Å²) in [6, 6.07) is 12.0. The van der Waals surface area contributed by atoms with Crippen molar-refractivity contribution in [1.29, 1.82) is 0 Å². The highest BCUT2D eigenvalue weighted by Gasteiger charge is 2.14. The van der Waals surface area contributed by atoms with E-state index in [1.54, 1.807) is 43.3 Å². The highest BCUT2D eigenvalue weighted by atomic mass is 16.5. The van der Waals surface area contributed by atoms with E-state index in [9.17, 15) is 9.59 Å². The van der Waals surface area contributed by atoms with Gasteiger partial charge in [-0.2, -0.15) is 0 Å². The molecule has 0 aliphatic heterocycles. The normalized spacial score (nSPS) is 9.96. The third-order valence-electron chi connectivity index (χ3n) is 3.38. The Morgan fingerprint density at radius 3 is 2.46 bits per heavy atom. The molecule has 2 rings (SSSR count). The van der Waals surface area contributed by atoms with Gasteiger partial charge in [-0.05, 0) is 30.7 Å². The van der Waals surface area contributed by atoms with Crippen LogP contribution in [0.15, 0.2) is 42.5 Å². The standard InChI is InChI=1S/C18H19NO5/c1-12-6-4-5-7-14(12)18(21)24-11-17(20)19-15-10-13(22-2)8-9-16(15)23-3/h4-10H,11H2,1-3H3,(H,19,20). The second kappa shape index (κ2) is 8.01. The number of carbonyl (C=O) groups is 2. The SMILES string of the molecule is COc1ccc(OC)c(NC(=O)COC(=O)c2ccccc2C)c1. The lowest BCUT2D eigenvalue weighted by Crippen LogP contribution is -2.21. The molecule has 1 amide bonds. The first-order chi connectivity index (χ1) is 11.5. The summed E-state index contributed by atoms with van der Waals surface area (Å²) in [5, 5.41) is 2.64. The fraction of sp³-hybridized carbons (Fsp3) is 0.222. The molecule has 0 saturated carbocycles. The summed E-state index contributed by atoms with van der Waals surface area (Å²) in [4.78, 5) is 24.0. The monoisotopic (exact) mass is 329 g/mol. The highest BCUT2D eigenvalue weighted by Crippen LogP contribution is 2.28. The largest absolute Gasteiger partial charge is 0.497 e. The predicted molar refractivity (Wildman–Crippen MR) is 89.6 cm³/mol. The van der Waals surface area contributed by atoms with Gasteiger partial charge in [-0.3, -0.25) is 4.79 Å². The fourth-order valence-corrected chi connectivity index (χ4v) is 2.11. The average Bonchev–Trinajstić information content (AvgIpc) is 2.60. The highest BCUT2D eigenvalue weighted by molar-refractivity contribution is 5.97. The van der Waals surface area contributed by atoms with Crippen molar-refractivity contribution < 1.29 is 23.8 Å². The molecule has 0 atom stereocenters. The van der Waals surface area contributed by atoms with Crippen LogP contribution in [0.1, 0.15) is 15.9 Å². The van der Waals surface area contributed by atoms with Crippen LogP contribution in [0.4, 0.5) is 5.69 Å². The second-order valence-electron chi connectivity index (χ2n) is 5.01. The van der Waals surface area contributed by atoms with Crippen LogP contribution >= 0.6 is 0 Å². The van der Waals surface area contributed by atoms with Crippen LogP contribution in [-0.2, 0) is 9.53 Å². The summed E-state index contributed by atoms with van der Waals surface area (Å²) < 4.78 is 15.3. The van der Waals surface area contributed by atoms with Gasteiger partial charge >= 0.3 is 5.97 Å². The van der Waals surface area contributed by atoms with Crippen molar-refractivity contribution in [2.24, 2.45) is 0 Å². The molecular formula is C18H19NO5. The first-order valence-electron chi connectivity index (χ1n) is 7.29. The van der Waals surface area contributed by atoms with E-state index in [-0.39, 0.29) is 0 Å². The van der Waals surface area contributed by atoms with Crippen LogP contribution in [0.5, 0.6) is 11.5 Å². The first-order valence-corrected chi connectivity index (χ1v) is 7.29. The number of amides is 1. The third kappa shape index (κ3) is 4.25. The van der Waals surface area contributed by atoms with Crippen molar-refractivity contribution in [2.75, 3.05) is 26.1 Å². The van der Waals surface area contributed by atoms with Gasteiger partial charge in [0.2, 0.25) is 0 Å². The molecule has 0 aromatic heterocycles. The summed E-state index contributed by atoms with van der Waals surface area (Å²) in [7, 11) is 3.02. The lowest BCUT2D eigenvalue weighted by atomic mass is 10.1. The van der Waals surface area contributed by atoms with Gasteiger partial charge in [-0.15, -0.1) is 0 Å². The molecule has 24 heavy (non-hydrogen) atoms. The summed E-state index contributed by atoms with van der Waals surface area (Å²) in [6.07, 6.45) is 0. The first kappa shape index (κ1) is 17.3. The number of rotatable bonds is 6. The Balaban J connectivity index is 1.99. The molecule has 0 spiro atoms. The molecule has 0 saturated heterocycles. The molecular weight excluding hydrogens is 310 g/mol. The molecule has 0 fully saturated rings. The molecule has 0 aliphatic rings. The Morgan fingerprint density at radius 1 is 1.04 bits per heavy atom. The van der Waals surface area contributed by atoms with Gasteiger partial charge in [0, 0.05) is 6.07 Å². The zero-order chi connectivity index (χ0) is 17.5. The minimum atomic E-state index is -0.541. The molecule has 0 aliphatic carbocycles. The van der Waals surface area contributed by atoms with Crippen LogP contribution in [0, 0.1) is 6.92 Å². The number of anilines is 1. The predicted octanol–water partition coefficient (Wildman–Crippen LogP) is 2.81. The number of hydrogen-bond acceptors (Lipinski definition) is 5. The molecule has 0 radical (unpaired) electrons. The molecule has 1 N–H and O–H groups in total. The number of nitrogens with one attached hydrogen (secondary N) is 1. The second-order valence-corrected chi connectivity index (χ2v) is 5.01. The van der Waals surface area contributed by atoms with Gasteiger partial charge in [-0.1, -0.05) is 18.2 Å². The maximum absolute atomic E-state index is 12.0. The van der Waals surface area contributed by atoms with E-state index in [4.69, 9.17) is 14.2 Å². The topological polar surface area (TPSA) is 73.9 Å². The maximum atomic E-state index is 12.0. The number of aryl methyl sites for hydroxylation is 1. The van der Waals surface area contributed by atoms with Crippen molar-refractivity contribution in [3.05, 3.63) is 53.6 Å². The molecule has 6 heteroatoms. The van der Waals surface area contributed by atoms with Crippen LogP contribution in [-0.4, -0.2) is 32.7 Å². The Hall–Kier alpha value is -3.02. The smallest absolute Gasteiger partial charge is 0.338 e. The van der Waals surface area contributed by atoms with Gasteiger partial charge in [0.1, 0.15) is 11.5 Å². The van der Waals surface area contributed by atoms with Gasteiger partial charge in [-0.25, -0.2) is 4.79 Å². The quantitative estimate of drug-likeness (QED) is 0.825. The maximum Gasteiger partial charge on any atom is 0.338 e. The third-order valence-corrected chi connectivity index (χ3v) is 3.38. The lowest BCUT2D eigenvalue weighted by Gasteiger charge is -2.12. The summed E-state index contributed by atoms with van der Waals surface area (Å²) in [5.41, 5.74) is 1.66. The van der Waals surface area contributed by atoms with E-state index in [1.165, 1.54) is 14.2 Å². The van der Waals surface area contributed by atoms with Crippen LogP contribution in [0.2, 0.25) is 0 Å². The minimum Gasteiger partial charge on any atom is -0.497 e. The minimum absolute atomic E-state index is 0.395. The Bertz CT molecular complexity index is 742. The van der Waals surface area contributed by atoms with E-state index in [1.807, 2.05) is 6.07 Å². The zero-order valence-electron chi connectivity index (χ0n) is 13.8. The molecule has 2 aromatic rings. The summed E-state index contributed by atoms with van der Waals surface area (Å²) in [6.45, 7) is 1.41. The van der Waals surface area contributed by atoms with E-state index >= 15 is 0 Å². The fourth-order valence-electron chi connectivity index (χ4n) is 2.11. The molecule has 6 nitrogen and oxygen atoms in total. The average molecular weight is 329 g/mol. The van der Waals surface area contributed by atoms with Crippen LogP contribution in [0.3, 0.4) is 0 Å². The van der Waals surface area contributed by atoms with E-state index < -0.39 is 18.5 Å². The van der Waals surface area contributed by atoms with Crippen molar-refractivity contribution in [3.8, 4) is 11.5 Å². The Kier molecular flexibility index (Phi) is 5.78. The van der Waals surface area contributed by atoms with Crippen molar-refractivity contribution in [1.82, 2.24) is 0 Å². The molecule has 2 aromatic carbocycles.